The number of ether oxygens (including phenoxy) is 2. The van der Waals surface area contributed by atoms with Crippen molar-refractivity contribution in [2.24, 2.45) is 0 Å². The van der Waals surface area contributed by atoms with Gasteiger partial charge in [0.1, 0.15) is 12.5 Å². The third-order valence-corrected chi connectivity index (χ3v) is 3.37. The Labute approximate surface area is 153 Å². The lowest BCUT2D eigenvalue weighted by molar-refractivity contribution is -0.133. The maximum absolute atomic E-state index is 11.6. The van der Waals surface area contributed by atoms with Crippen molar-refractivity contribution in [3.05, 3.63) is 78.4 Å². The molecule has 2 aromatic carbocycles. The van der Waals surface area contributed by atoms with Gasteiger partial charge < -0.3 is 14.3 Å². The van der Waals surface area contributed by atoms with Crippen molar-refractivity contribution in [2.75, 3.05) is 7.11 Å². The molecule has 2 aromatic rings. The molecule has 1 aliphatic carbocycles. The van der Waals surface area contributed by atoms with Crippen molar-refractivity contribution in [1.82, 2.24) is 0 Å². The number of carbonyl (C=O) groups excluding carboxylic acids is 3. The molecule has 0 spiro atoms. The number of ketones is 1. The van der Waals surface area contributed by atoms with Crippen LogP contribution in [0, 0.1) is 0 Å². The van der Waals surface area contributed by atoms with Crippen molar-refractivity contribution in [3.8, 4) is 5.75 Å². The highest BCUT2D eigenvalue weighted by Crippen LogP contribution is 2.10. The number of allylic oxidation sites excluding steroid dienone is 1. The standard InChI is InChI=1S/C14H12O2.C6H8O2.CH2O/c15-14(11-12-7-3-1-4-8-12)16-13-9-5-2-6-10-13;1-8-6-3-2-5(7)4-6;1-2/h1-10H,11H2;2-3,6H,4H2,1H3;1H2/t;6-;/m.1./s1. The van der Waals surface area contributed by atoms with E-state index < -0.39 is 0 Å². The predicted octanol–water partition coefficient (Wildman–Crippen LogP) is 3.18. The average Bonchev–Trinajstić information content (AvgIpc) is 3.11. The summed E-state index contributed by atoms with van der Waals surface area (Å²) in [6.45, 7) is 2.00. The molecule has 0 radical (unpaired) electrons. The third-order valence-electron chi connectivity index (χ3n) is 3.37. The Bertz CT molecular complexity index is 651. The largest absolute Gasteiger partial charge is 0.426 e. The molecule has 5 nitrogen and oxygen atoms in total. The third kappa shape index (κ3) is 8.17. The van der Waals surface area contributed by atoms with Gasteiger partial charge in [-0.05, 0) is 23.8 Å². The molecule has 0 saturated carbocycles. The number of methoxy groups -OCH3 is 1. The summed E-state index contributed by atoms with van der Waals surface area (Å²) in [5.74, 6) is 0.512. The van der Waals surface area contributed by atoms with Gasteiger partial charge in [0.05, 0.1) is 12.5 Å². The highest BCUT2D eigenvalue weighted by Gasteiger charge is 2.13. The molecule has 0 amide bonds. The van der Waals surface area contributed by atoms with Gasteiger partial charge in [-0.15, -0.1) is 0 Å². The van der Waals surface area contributed by atoms with Crippen LogP contribution < -0.4 is 4.74 Å². The highest BCUT2D eigenvalue weighted by molar-refractivity contribution is 5.92. The normalized spacial score (nSPS) is 14.5. The highest BCUT2D eigenvalue weighted by atomic mass is 16.5. The summed E-state index contributed by atoms with van der Waals surface area (Å²) in [4.78, 5) is 30.0. The first kappa shape index (κ1) is 21.0. The SMILES string of the molecule is C=O.CO[C@@H]1C=CC(=O)C1.O=C(Cc1ccccc1)Oc1ccccc1. The van der Waals surface area contributed by atoms with Gasteiger partial charge in [0.15, 0.2) is 5.78 Å². The van der Waals surface area contributed by atoms with Gasteiger partial charge in [0.2, 0.25) is 0 Å². The minimum Gasteiger partial charge on any atom is -0.426 e. The van der Waals surface area contributed by atoms with Crippen LogP contribution in [0.15, 0.2) is 72.8 Å². The van der Waals surface area contributed by atoms with Gasteiger partial charge in [-0.2, -0.15) is 0 Å². The second kappa shape index (κ2) is 12.3. The Balaban J connectivity index is 0.000000284. The molecule has 0 N–H and O–H groups in total. The lowest BCUT2D eigenvalue weighted by atomic mass is 10.2. The molecular formula is C21H22O5. The molecule has 1 aliphatic rings. The fourth-order valence-electron chi connectivity index (χ4n) is 2.13. The summed E-state index contributed by atoms with van der Waals surface area (Å²) in [5, 5.41) is 0. The summed E-state index contributed by atoms with van der Waals surface area (Å²) in [6.07, 6.45) is 4.21. The molecule has 5 heteroatoms. The molecule has 0 aliphatic heterocycles. The summed E-state index contributed by atoms with van der Waals surface area (Å²) in [6, 6.07) is 18.7. The fraction of sp³-hybridized carbons (Fsp3) is 0.190. The van der Waals surface area contributed by atoms with E-state index in [9.17, 15) is 9.59 Å². The Kier molecular flexibility index (Phi) is 9.96. The van der Waals surface area contributed by atoms with E-state index >= 15 is 0 Å². The average molecular weight is 354 g/mol. The van der Waals surface area contributed by atoms with Crippen molar-refractivity contribution in [1.29, 1.82) is 0 Å². The molecular weight excluding hydrogens is 332 g/mol. The van der Waals surface area contributed by atoms with Gasteiger partial charge in [-0.3, -0.25) is 9.59 Å². The van der Waals surface area contributed by atoms with Crippen LogP contribution in [-0.4, -0.2) is 31.8 Å². The number of esters is 1. The molecule has 136 valence electrons. The van der Waals surface area contributed by atoms with Crippen LogP contribution in [0.4, 0.5) is 0 Å². The van der Waals surface area contributed by atoms with Crippen LogP contribution in [0.25, 0.3) is 0 Å². The number of para-hydroxylation sites is 1. The Morgan fingerprint density at radius 3 is 2.08 bits per heavy atom. The first-order valence-corrected chi connectivity index (χ1v) is 7.99. The second-order valence-electron chi connectivity index (χ2n) is 5.25. The van der Waals surface area contributed by atoms with Gasteiger partial charge in [0, 0.05) is 13.5 Å². The molecule has 0 bridgehead atoms. The van der Waals surface area contributed by atoms with E-state index in [1.165, 1.54) is 0 Å². The van der Waals surface area contributed by atoms with E-state index in [1.807, 2.05) is 55.3 Å². The predicted molar refractivity (Wildman–Crippen MR) is 98.9 cm³/mol. The zero-order valence-electron chi connectivity index (χ0n) is 14.7. The molecule has 0 aromatic heterocycles. The number of hydrogen-bond acceptors (Lipinski definition) is 5. The fourth-order valence-corrected chi connectivity index (χ4v) is 2.13. The van der Waals surface area contributed by atoms with Gasteiger partial charge in [0.25, 0.3) is 0 Å². The van der Waals surface area contributed by atoms with E-state index in [-0.39, 0.29) is 17.9 Å². The van der Waals surface area contributed by atoms with Crippen molar-refractivity contribution < 1.29 is 23.9 Å². The van der Waals surface area contributed by atoms with Crippen molar-refractivity contribution in [3.63, 3.8) is 0 Å². The summed E-state index contributed by atoms with van der Waals surface area (Å²) < 4.78 is 10.1. The second-order valence-corrected chi connectivity index (χ2v) is 5.25. The van der Waals surface area contributed by atoms with Gasteiger partial charge in [-0.25, -0.2) is 0 Å². The van der Waals surface area contributed by atoms with E-state index in [0.717, 1.165) is 5.56 Å². The minimum atomic E-state index is -0.239. The van der Waals surface area contributed by atoms with E-state index in [2.05, 4.69) is 0 Å². The van der Waals surface area contributed by atoms with E-state index in [4.69, 9.17) is 14.3 Å². The molecule has 0 fully saturated rings. The quantitative estimate of drug-likeness (QED) is 0.623. The zero-order chi connectivity index (χ0) is 19.2. The first-order chi connectivity index (χ1) is 12.7. The Hall–Kier alpha value is -3.05. The maximum atomic E-state index is 11.6. The Morgan fingerprint density at radius 1 is 1.04 bits per heavy atom. The van der Waals surface area contributed by atoms with Crippen LogP contribution in [0.2, 0.25) is 0 Å². The van der Waals surface area contributed by atoms with Crippen LogP contribution in [0.1, 0.15) is 12.0 Å². The lowest BCUT2D eigenvalue weighted by Gasteiger charge is -2.03. The molecule has 1 atom stereocenters. The molecule has 26 heavy (non-hydrogen) atoms. The van der Waals surface area contributed by atoms with Crippen LogP contribution >= 0.6 is 0 Å². The smallest absolute Gasteiger partial charge is 0.315 e. The van der Waals surface area contributed by atoms with E-state index in [0.29, 0.717) is 18.6 Å². The van der Waals surface area contributed by atoms with Crippen LogP contribution in [0.3, 0.4) is 0 Å². The molecule has 0 unspecified atom stereocenters. The van der Waals surface area contributed by atoms with E-state index in [1.54, 1.807) is 31.4 Å². The van der Waals surface area contributed by atoms with Crippen LogP contribution in [-0.2, 0) is 25.5 Å². The number of hydrogen-bond donors (Lipinski definition) is 0. The van der Waals surface area contributed by atoms with Crippen molar-refractivity contribution in [2.45, 2.75) is 18.9 Å². The molecule has 3 rings (SSSR count). The minimum absolute atomic E-state index is 0.0440. The summed E-state index contributed by atoms with van der Waals surface area (Å²) in [5.41, 5.74) is 0.962. The summed E-state index contributed by atoms with van der Waals surface area (Å²) in [7, 11) is 1.60. The monoisotopic (exact) mass is 354 g/mol. The number of benzene rings is 2. The maximum Gasteiger partial charge on any atom is 0.315 e. The summed E-state index contributed by atoms with van der Waals surface area (Å²) >= 11 is 0. The van der Waals surface area contributed by atoms with Gasteiger partial charge >= 0.3 is 5.97 Å². The number of carbonyl (C=O) groups is 3. The number of rotatable bonds is 4. The van der Waals surface area contributed by atoms with Gasteiger partial charge in [-0.1, -0.05) is 54.6 Å². The van der Waals surface area contributed by atoms with Crippen molar-refractivity contribution >= 4 is 18.5 Å². The lowest BCUT2D eigenvalue weighted by Crippen LogP contribution is -2.10. The van der Waals surface area contributed by atoms with Crippen LogP contribution in [0.5, 0.6) is 5.75 Å². The zero-order valence-corrected chi connectivity index (χ0v) is 14.7. The topological polar surface area (TPSA) is 69.7 Å². The Morgan fingerprint density at radius 2 is 1.62 bits per heavy atom. The first-order valence-electron chi connectivity index (χ1n) is 7.99. The molecule has 0 saturated heterocycles. The molecule has 0 heterocycles.